The van der Waals surface area contributed by atoms with Gasteiger partial charge in [-0.3, -0.25) is 4.79 Å². The lowest BCUT2D eigenvalue weighted by molar-refractivity contribution is 0.102. The molecule has 0 fully saturated rings. The van der Waals surface area contributed by atoms with Gasteiger partial charge in [0.05, 0.1) is 31.0 Å². The van der Waals surface area contributed by atoms with Crippen LogP contribution in [0.25, 0.3) is 22.2 Å². The topological polar surface area (TPSA) is 60.5 Å². The van der Waals surface area contributed by atoms with E-state index in [2.05, 4.69) is 5.32 Å². The Labute approximate surface area is 189 Å². The number of carbonyl (C=O) groups is 1. The van der Waals surface area contributed by atoms with Crippen molar-refractivity contribution in [1.82, 2.24) is 4.98 Å². The number of pyridine rings is 1. The van der Waals surface area contributed by atoms with Crippen molar-refractivity contribution < 1.29 is 14.3 Å². The zero-order valence-corrected chi connectivity index (χ0v) is 18.3. The van der Waals surface area contributed by atoms with Crippen LogP contribution in [0.1, 0.15) is 10.4 Å². The van der Waals surface area contributed by atoms with E-state index in [4.69, 9.17) is 37.7 Å². The van der Waals surface area contributed by atoms with Crippen molar-refractivity contribution in [1.29, 1.82) is 0 Å². The maximum atomic E-state index is 13.2. The molecule has 1 heterocycles. The molecule has 5 nitrogen and oxygen atoms in total. The highest BCUT2D eigenvalue weighted by molar-refractivity contribution is 6.35. The molecule has 7 heteroatoms. The van der Waals surface area contributed by atoms with E-state index in [0.717, 1.165) is 10.9 Å². The first kappa shape index (κ1) is 21.0. The van der Waals surface area contributed by atoms with Crippen LogP contribution in [-0.2, 0) is 0 Å². The molecule has 3 aromatic carbocycles. The summed E-state index contributed by atoms with van der Waals surface area (Å²) < 4.78 is 10.8. The molecule has 0 aliphatic carbocycles. The number of aromatic nitrogens is 1. The number of halogens is 2. The number of nitrogens with one attached hydrogen (secondary N) is 1. The summed E-state index contributed by atoms with van der Waals surface area (Å²) in [6.45, 7) is 0. The van der Waals surface area contributed by atoms with Gasteiger partial charge in [0.2, 0.25) is 0 Å². The molecule has 1 aromatic heterocycles. The Balaban J connectivity index is 1.83. The van der Waals surface area contributed by atoms with Crippen LogP contribution in [-0.4, -0.2) is 25.1 Å². The second kappa shape index (κ2) is 8.84. The van der Waals surface area contributed by atoms with Crippen LogP contribution in [0, 0.1) is 0 Å². The Morgan fingerprint density at radius 2 is 1.65 bits per heavy atom. The fraction of sp³-hybridized carbons (Fsp3) is 0.0833. The summed E-state index contributed by atoms with van der Waals surface area (Å²) in [4.78, 5) is 18.0. The van der Waals surface area contributed by atoms with Gasteiger partial charge in [0.25, 0.3) is 5.91 Å². The normalized spacial score (nSPS) is 10.7. The molecule has 0 aliphatic heterocycles. The molecule has 156 valence electrons. The standard InChI is InChI=1S/C24H18Cl2N2O3/c1-30-17-7-8-19(23(12-17)31-2)22-13-20(18-5-3-4-6-21(18)28-22)24(29)27-16-10-14(25)9-15(26)11-16/h3-13H,1-2H3,(H,27,29). The largest absolute Gasteiger partial charge is 0.497 e. The minimum Gasteiger partial charge on any atom is -0.497 e. The van der Waals surface area contributed by atoms with Crippen molar-refractivity contribution in [3.8, 4) is 22.8 Å². The summed E-state index contributed by atoms with van der Waals surface area (Å²) in [6.07, 6.45) is 0. The minimum absolute atomic E-state index is 0.300. The van der Waals surface area contributed by atoms with Gasteiger partial charge in [0, 0.05) is 32.7 Å². The van der Waals surface area contributed by atoms with Crippen LogP contribution in [0.15, 0.2) is 66.7 Å². The van der Waals surface area contributed by atoms with Gasteiger partial charge >= 0.3 is 0 Å². The molecule has 0 saturated carbocycles. The predicted octanol–water partition coefficient (Wildman–Crippen LogP) is 6.48. The van der Waals surface area contributed by atoms with Gasteiger partial charge in [-0.05, 0) is 42.5 Å². The second-order valence-corrected chi connectivity index (χ2v) is 7.62. The molecule has 1 amide bonds. The van der Waals surface area contributed by atoms with Gasteiger partial charge in [0.15, 0.2) is 0 Å². The SMILES string of the molecule is COc1ccc(-c2cc(C(=O)Nc3cc(Cl)cc(Cl)c3)c3ccccc3n2)c(OC)c1. The van der Waals surface area contributed by atoms with Crippen LogP contribution >= 0.6 is 23.2 Å². The number of ether oxygens (including phenoxy) is 2. The molecule has 0 radical (unpaired) electrons. The third-order valence-electron chi connectivity index (χ3n) is 4.77. The molecule has 0 aliphatic rings. The number of carbonyl (C=O) groups excluding carboxylic acids is 1. The molecule has 31 heavy (non-hydrogen) atoms. The van der Waals surface area contributed by atoms with E-state index in [0.29, 0.717) is 44.0 Å². The molecule has 4 aromatic rings. The smallest absolute Gasteiger partial charge is 0.256 e. The summed E-state index contributed by atoms with van der Waals surface area (Å²) in [5.74, 6) is 0.956. The zero-order chi connectivity index (χ0) is 22.0. The lowest BCUT2D eigenvalue weighted by Crippen LogP contribution is -2.13. The van der Waals surface area contributed by atoms with Gasteiger partial charge in [-0.25, -0.2) is 4.98 Å². The summed E-state index contributed by atoms with van der Waals surface area (Å²) in [6, 6.07) is 19.6. The lowest BCUT2D eigenvalue weighted by atomic mass is 10.0. The molecule has 0 saturated heterocycles. The van der Waals surface area contributed by atoms with Crippen LogP contribution in [0.4, 0.5) is 5.69 Å². The number of hydrogen-bond acceptors (Lipinski definition) is 4. The van der Waals surface area contributed by atoms with Crippen LogP contribution < -0.4 is 14.8 Å². The van der Waals surface area contributed by atoms with Gasteiger partial charge < -0.3 is 14.8 Å². The molecule has 4 rings (SSSR count). The Morgan fingerprint density at radius 3 is 2.35 bits per heavy atom. The van der Waals surface area contributed by atoms with E-state index in [1.54, 1.807) is 44.6 Å². The summed E-state index contributed by atoms with van der Waals surface area (Å²) in [5, 5.41) is 4.47. The quantitative estimate of drug-likeness (QED) is 0.376. The molecule has 0 bridgehead atoms. The number of fused-ring (bicyclic) bond motifs is 1. The van der Waals surface area contributed by atoms with Crippen LogP contribution in [0.3, 0.4) is 0 Å². The number of benzene rings is 3. The fourth-order valence-corrected chi connectivity index (χ4v) is 3.86. The summed E-state index contributed by atoms with van der Waals surface area (Å²) in [7, 11) is 3.17. The highest BCUT2D eigenvalue weighted by atomic mass is 35.5. The summed E-state index contributed by atoms with van der Waals surface area (Å²) >= 11 is 12.1. The van der Waals surface area contributed by atoms with Gasteiger partial charge in [-0.1, -0.05) is 41.4 Å². The maximum Gasteiger partial charge on any atom is 0.256 e. The highest BCUT2D eigenvalue weighted by Crippen LogP contribution is 2.34. The van der Waals surface area contributed by atoms with E-state index >= 15 is 0 Å². The molecule has 0 unspecified atom stereocenters. The molecular weight excluding hydrogens is 435 g/mol. The Bertz CT molecular complexity index is 1270. The van der Waals surface area contributed by atoms with Crippen molar-refractivity contribution in [3.05, 3.63) is 82.3 Å². The van der Waals surface area contributed by atoms with Crippen molar-refractivity contribution in [2.75, 3.05) is 19.5 Å². The van der Waals surface area contributed by atoms with Gasteiger partial charge in [-0.2, -0.15) is 0 Å². The second-order valence-electron chi connectivity index (χ2n) is 6.75. The highest BCUT2D eigenvalue weighted by Gasteiger charge is 2.17. The Morgan fingerprint density at radius 1 is 0.903 bits per heavy atom. The maximum absolute atomic E-state index is 13.2. The Kier molecular flexibility index (Phi) is 5.98. The zero-order valence-electron chi connectivity index (χ0n) is 16.8. The third kappa shape index (κ3) is 4.43. The van der Waals surface area contributed by atoms with E-state index in [1.165, 1.54) is 0 Å². The molecular formula is C24H18Cl2N2O3. The van der Waals surface area contributed by atoms with Crippen LogP contribution in [0.2, 0.25) is 10.0 Å². The monoisotopic (exact) mass is 452 g/mol. The fourth-order valence-electron chi connectivity index (χ4n) is 3.34. The van der Waals surface area contributed by atoms with Crippen molar-refractivity contribution in [2.45, 2.75) is 0 Å². The summed E-state index contributed by atoms with van der Waals surface area (Å²) in [5.41, 5.74) is 3.01. The third-order valence-corrected chi connectivity index (χ3v) is 5.20. The average molecular weight is 453 g/mol. The van der Waals surface area contributed by atoms with Gasteiger partial charge in [-0.15, -0.1) is 0 Å². The predicted molar refractivity (Wildman–Crippen MR) is 125 cm³/mol. The number of amides is 1. The number of hydrogen-bond donors (Lipinski definition) is 1. The first-order valence-electron chi connectivity index (χ1n) is 9.38. The van der Waals surface area contributed by atoms with Crippen LogP contribution in [0.5, 0.6) is 11.5 Å². The molecule has 1 N–H and O–H groups in total. The van der Waals surface area contributed by atoms with E-state index < -0.39 is 0 Å². The number of rotatable bonds is 5. The average Bonchev–Trinajstić information content (AvgIpc) is 2.77. The number of para-hydroxylation sites is 1. The molecule has 0 spiro atoms. The Hall–Kier alpha value is -3.28. The first-order chi connectivity index (χ1) is 15.0. The molecule has 0 atom stereocenters. The van der Waals surface area contributed by atoms with Crippen molar-refractivity contribution in [3.63, 3.8) is 0 Å². The van der Waals surface area contributed by atoms with Crippen molar-refractivity contribution in [2.24, 2.45) is 0 Å². The number of anilines is 1. The lowest BCUT2D eigenvalue weighted by Gasteiger charge is -2.13. The van der Waals surface area contributed by atoms with E-state index in [9.17, 15) is 4.79 Å². The first-order valence-corrected chi connectivity index (χ1v) is 10.1. The van der Waals surface area contributed by atoms with Gasteiger partial charge in [0.1, 0.15) is 11.5 Å². The van der Waals surface area contributed by atoms with Crippen molar-refractivity contribution >= 4 is 45.7 Å². The minimum atomic E-state index is -0.300. The van der Waals surface area contributed by atoms with E-state index in [1.807, 2.05) is 36.4 Å². The number of methoxy groups -OCH3 is 2. The number of nitrogens with zero attached hydrogens (tertiary/aromatic N) is 1. The van der Waals surface area contributed by atoms with E-state index in [-0.39, 0.29) is 5.91 Å².